The van der Waals surface area contributed by atoms with Gasteiger partial charge in [-0.1, -0.05) is 64.4 Å². The normalized spacial score (nSPS) is 24.0. The number of nitrogens with zero attached hydrogens (tertiary/aromatic N) is 3. The minimum atomic E-state index is -0.457. The number of imide groups is 1. The molecule has 2 aromatic rings. The number of carbonyl (C=O) groups is 5. The van der Waals surface area contributed by atoms with Gasteiger partial charge in [0, 0.05) is 48.9 Å². The quantitative estimate of drug-likeness (QED) is 0.118. The summed E-state index contributed by atoms with van der Waals surface area (Å²) in [6.45, 7) is 3.53. The van der Waals surface area contributed by atoms with E-state index in [2.05, 4.69) is 22.5 Å². The van der Waals surface area contributed by atoms with E-state index >= 15 is 0 Å². The fourth-order valence-corrected chi connectivity index (χ4v) is 10.9. The minimum absolute atomic E-state index is 0.0944. The molecule has 0 radical (unpaired) electrons. The molecular formula is C42H59N5O8S. The molecule has 4 amide bonds. The zero-order valence-corrected chi connectivity index (χ0v) is 34.3. The Hall–Kier alpha value is -4.04. The van der Waals surface area contributed by atoms with Gasteiger partial charge in [-0.25, -0.2) is 9.59 Å². The molecule has 4 heterocycles. The number of piperidine rings is 1. The van der Waals surface area contributed by atoms with Crippen LogP contribution in [0.2, 0.25) is 0 Å². The molecule has 1 aromatic heterocycles. The predicted octanol–water partition coefficient (Wildman–Crippen LogP) is 5.73. The summed E-state index contributed by atoms with van der Waals surface area (Å²) in [5, 5.41) is 6.50. The third-order valence-corrected chi connectivity index (χ3v) is 13.8. The lowest BCUT2D eigenvalue weighted by molar-refractivity contribution is -0.139. The number of benzene rings is 1. The van der Waals surface area contributed by atoms with Crippen LogP contribution in [-0.4, -0.2) is 109 Å². The molecule has 6 rings (SSSR count). The highest BCUT2D eigenvalue weighted by atomic mass is 32.2. The van der Waals surface area contributed by atoms with Crippen LogP contribution in [0.25, 0.3) is 10.9 Å². The highest BCUT2D eigenvalue weighted by Gasteiger charge is 2.45. The molecule has 3 fully saturated rings. The fraction of sp³-hybridized carbons (Fsp3) is 0.643. The van der Waals surface area contributed by atoms with Gasteiger partial charge in [0.25, 0.3) is 0 Å². The summed E-state index contributed by atoms with van der Waals surface area (Å²) in [7, 11) is 4.50. The summed E-state index contributed by atoms with van der Waals surface area (Å²) >= 11 is 1.67. The number of nitrogens with one attached hydrogen (secondary N) is 2. The molecular weight excluding hydrogens is 735 g/mol. The standard InChI is InChI=1S/C42H59N5O8S/c1-5-27-25-45-20-18-29-38-32(16-13-17-34(38)54-3)47(39(29)33(45)22-30(27)31(26-53-2)41(51)55-4)42(52)44-24-36(48)43-19-21-46-37(49)23-35(40(46)50)56-28-14-11-9-7-6-8-10-12-15-28/h13,16-17,26-28,30,33,35H,5-12,14-15,18-25H2,1-4H3,(H,43,48)(H,44,52)/b31-26+/t27-,30+,33+,35?/m1/s1. The van der Waals surface area contributed by atoms with Gasteiger partial charge in [0.2, 0.25) is 17.7 Å². The maximum absolute atomic E-state index is 14.2. The van der Waals surface area contributed by atoms with Crippen LogP contribution in [0.5, 0.6) is 5.75 Å². The Labute approximate surface area is 334 Å². The first kappa shape index (κ1) is 41.6. The molecule has 2 N–H and O–H groups in total. The molecule has 1 saturated carbocycles. The van der Waals surface area contributed by atoms with Crippen molar-refractivity contribution < 1.29 is 38.2 Å². The van der Waals surface area contributed by atoms with Crippen molar-refractivity contribution in [2.45, 2.75) is 107 Å². The molecule has 4 aliphatic rings. The monoisotopic (exact) mass is 793 g/mol. The minimum Gasteiger partial charge on any atom is -0.504 e. The SMILES string of the molecule is CC[C@@H]1CN2CCc3c(n(C(=O)NCC(=O)NCCN4C(=O)CC(SC5CCCCCCCCC5)C4=O)c4cccc(OC)c34)[C@@H]2C[C@@H]1/C(=C\OC)C(=O)OC. The summed E-state index contributed by atoms with van der Waals surface area (Å²) in [5.41, 5.74) is 2.98. The summed E-state index contributed by atoms with van der Waals surface area (Å²) < 4.78 is 18.0. The predicted molar refractivity (Wildman–Crippen MR) is 215 cm³/mol. The average molecular weight is 794 g/mol. The lowest BCUT2D eigenvalue weighted by atomic mass is 9.74. The number of thioether (sulfide) groups is 1. The van der Waals surface area contributed by atoms with Gasteiger partial charge in [-0.3, -0.25) is 28.8 Å². The number of fused-ring (bicyclic) bond motifs is 5. The second-order valence-electron chi connectivity index (χ2n) is 15.5. The van der Waals surface area contributed by atoms with Gasteiger partial charge in [-0.15, -0.1) is 11.8 Å². The number of methoxy groups -OCH3 is 3. The lowest BCUT2D eigenvalue weighted by Gasteiger charge is -2.47. The van der Waals surface area contributed by atoms with Crippen LogP contribution in [0.3, 0.4) is 0 Å². The molecule has 14 heteroatoms. The third kappa shape index (κ3) is 9.06. The smallest absolute Gasteiger partial charge is 0.337 e. The zero-order chi connectivity index (χ0) is 39.8. The molecule has 1 unspecified atom stereocenters. The summed E-state index contributed by atoms with van der Waals surface area (Å²) in [6, 6.07) is 4.96. The van der Waals surface area contributed by atoms with Crippen LogP contribution in [0.4, 0.5) is 4.79 Å². The van der Waals surface area contributed by atoms with E-state index in [-0.39, 0.29) is 61.0 Å². The van der Waals surface area contributed by atoms with Gasteiger partial charge in [0.1, 0.15) is 5.75 Å². The first-order valence-electron chi connectivity index (χ1n) is 20.5. The third-order valence-electron chi connectivity index (χ3n) is 12.2. The molecule has 0 spiro atoms. The first-order chi connectivity index (χ1) is 27.2. The van der Waals surface area contributed by atoms with Crippen LogP contribution >= 0.6 is 11.8 Å². The van der Waals surface area contributed by atoms with Crippen molar-refractivity contribution in [1.82, 2.24) is 25.0 Å². The van der Waals surface area contributed by atoms with Crippen molar-refractivity contribution in [1.29, 1.82) is 0 Å². The van der Waals surface area contributed by atoms with Crippen molar-refractivity contribution in [2.24, 2.45) is 11.8 Å². The Morgan fingerprint density at radius 2 is 1.71 bits per heavy atom. The molecule has 3 aliphatic heterocycles. The topological polar surface area (TPSA) is 149 Å². The number of hydrogen-bond acceptors (Lipinski definition) is 10. The number of esters is 1. The molecule has 2 saturated heterocycles. The Bertz CT molecular complexity index is 1780. The van der Waals surface area contributed by atoms with E-state index in [0.717, 1.165) is 49.0 Å². The fourth-order valence-electron chi connectivity index (χ4n) is 9.38. The van der Waals surface area contributed by atoms with Gasteiger partial charge >= 0.3 is 12.0 Å². The van der Waals surface area contributed by atoms with Crippen LogP contribution in [0.1, 0.15) is 101 Å². The zero-order valence-electron chi connectivity index (χ0n) is 33.4. The molecule has 56 heavy (non-hydrogen) atoms. The van der Waals surface area contributed by atoms with Crippen molar-refractivity contribution in [3.63, 3.8) is 0 Å². The number of ether oxygens (including phenoxy) is 3. The molecule has 306 valence electrons. The van der Waals surface area contributed by atoms with Crippen molar-refractivity contribution >= 4 is 52.4 Å². The average Bonchev–Trinajstić information content (AvgIpc) is 3.69. The summed E-state index contributed by atoms with van der Waals surface area (Å²) in [5.74, 6) is -0.554. The number of rotatable bonds is 12. The van der Waals surface area contributed by atoms with Gasteiger partial charge in [-0.2, -0.15) is 0 Å². The Morgan fingerprint density at radius 1 is 0.982 bits per heavy atom. The van der Waals surface area contributed by atoms with Gasteiger partial charge in [0.05, 0.1) is 56.5 Å². The highest BCUT2D eigenvalue weighted by molar-refractivity contribution is 8.01. The molecule has 4 atom stereocenters. The van der Waals surface area contributed by atoms with Crippen molar-refractivity contribution in [2.75, 3.05) is 54.1 Å². The van der Waals surface area contributed by atoms with Crippen LogP contribution in [-0.2, 0) is 35.1 Å². The number of carbonyl (C=O) groups excluding carboxylic acids is 5. The summed E-state index contributed by atoms with van der Waals surface area (Å²) in [6.07, 6.45) is 14.6. The van der Waals surface area contributed by atoms with Gasteiger partial charge in [0.15, 0.2) is 0 Å². The van der Waals surface area contributed by atoms with E-state index in [0.29, 0.717) is 34.9 Å². The Morgan fingerprint density at radius 3 is 2.39 bits per heavy atom. The van der Waals surface area contributed by atoms with Crippen molar-refractivity contribution in [3.8, 4) is 5.75 Å². The van der Waals surface area contributed by atoms with Gasteiger partial charge < -0.3 is 24.8 Å². The number of hydrogen-bond donors (Lipinski definition) is 2. The van der Waals surface area contributed by atoms with Crippen molar-refractivity contribution in [3.05, 3.63) is 41.3 Å². The number of amides is 4. The van der Waals surface area contributed by atoms with E-state index in [4.69, 9.17) is 14.2 Å². The van der Waals surface area contributed by atoms with Crippen LogP contribution in [0, 0.1) is 11.8 Å². The molecule has 0 bridgehead atoms. The van der Waals surface area contributed by atoms with Gasteiger partial charge in [-0.05, 0) is 55.2 Å². The second kappa shape index (κ2) is 19.4. The van der Waals surface area contributed by atoms with E-state index in [9.17, 15) is 24.0 Å². The van der Waals surface area contributed by atoms with E-state index in [1.165, 1.54) is 70.3 Å². The lowest BCUT2D eigenvalue weighted by Crippen LogP contribution is -2.48. The van der Waals surface area contributed by atoms with E-state index in [1.807, 2.05) is 18.2 Å². The van der Waals surface area contributed by atoms with E-state index < -0.39 is 17.9 Å². The molecule has 13 nitrogen and oxygen atoms in total. The second-order valence-corrected chi connectivity index (χ2v) is 17.0. The maximum Gasteiger partial charge on any atom is 0.337 e. The number of aromatic nitrogens is 1. The highest BCUT2D eigenvalue weighted by Crippen LogP contribution is 2.48. The van der Waals surface area contributed by atoms with E-state index in [1.54, 1.807) is 23.4 Å². The first-order valence-corrected chi connectivity index (χ1v) is 21.4. The number of likely N-dealkylation sites (tertiary alicyclic amines) is 1. The van der Waals surface area contributed by atoms with Crippen LogP contribution in [0.15, 0.2) is 30.0 Å². The molecule has 1 aliphatic carbocycles. The Balaban J connectivity index is 1.12. The summed E-state index contributed by atoms with van der Waals surface area (Å²) in [4.78, 5) is 70.2. The molecule has 1 aromatic carbocycles. The maximum atomic E-state index is 14.2. The Kier molecular flexibility index (Phi) is 14.4. The van der Waals surface area contributed by atoms with Crippen LogP contribution < -0.4 is 15.4 Å². The largest absolute Gasteiger partial charge is 0.504 e.